The van der Waals surface area contributed by atoms with Gasteiger partial charge in [0.15, 0.2) is 0 Å². The van der Waals surface area contributed by atoms with Gasteiger partial charge in [0.1, 0.15) is 5.01 Å². The monoisotopic (exact) mass is 315 g/mol. The Hall–Kier alpha value is -1.72. The van der Waals surface area contributed by atoms with Crippen molar-refractivity contribution in [3.05, 3.63) is 40.9 Å². The normalized spacial score (nSPS) is 19.4. The van der Waals surface area contributed by atoms with E-state index in [2.05, 4.69) is 23.9 Å². The fourth-order valence-corrected chi connectivity index (χ4v) is 3.65. The van der Waals surface area contributed by atoms with Crippen molar-refractivity contribution in [2.45, 2.75) is 19.9 Å². The molecule has 5 heteroatoms. The Morgan fingerprint density at radius 2 is 2.00 bits per heavy atom. The van der Waals surface area contributed by atoms with Gasteiger partial charge in [0, 0.05) is 47.9 Å². The molecule has 1 aromatic heterocycles. The lowest BCUT2D eigenvalue weighted by Crippen LogP contribution is -2.52. The molecule has 116 valence electrons. The Morgan fingerprint density at radius 3 is 2.59 bits per heavy atom. The molecule has 4 nitrogen and oxygen atoms in total. The summed E-state index contributed by atoms with van der Waals surface area (Å²) in [5.74, 6) is 0.127. The van der Waals surface area contributed by atoms with Gasteiger partial charge in [-0.1, -0.05) is 12.1 Å². The number of hydrogen-bond donors (Lipinski definition) is 0. The third-order valence-electron chi connectivity index (χ3n) is 4.09. The average molecular weight is 315 g/mol. The van der Waals surface area contributed by atoms with Crippen molar-refractivity contribution in [2.75, 3.05) is 26.7 Å². The highest BCUT2D eigenvalue weighted by molar-refractivity contribution is 7.13. The summed E-state index contributed by atoms with van der Waals surface area (Å²) in [7, 11) is 2.10. The number of rotatable bonds is 2. The number of aromatic nitrogens is 1. The number of aryl methyl sites for hydroxylation is 1. The van der Waals surface area contributed by atoms with Crippen LogP contribution in [-0.2, 0) is 0 Å². The topological polar surface area (TPSA) is 36.4 Å². The number of carbonyl (C=O) groups is 1. The molecule has 1 fully saturated rings. The summed E-state index contributed by atoms with van der Waals surface area (Å²) in [5.41, 5.74) is 2.86. The van der Waals surface area contributed by atoms with E-state index in [0.717, 1.165) is 41.5 Å². The molecular weight excluding hydrogens is 294 g/mol. The largest absolute Gasteiger partial charge is 0.333 e. The fraction of sp³-hybridized carbons (Fsp3) is 0.412. The van der Waals surface area contributed by atoms with Crippen LogP contribution in [-0.4, -0.2) is 53.4 Å². The highest BCUT2D eigenvalue weighted by atomic mass is 32.1. The van der Waals surface area contributed by atoms with Gasteiger partial charge in [-0.25, -0.2) is 4.98 Å². The third-order valence-corrected chi connectivity index (χ3v) is 5.10. The van der Waals surface area contributed by atoms with Crippen LogP contribution in [0.5, 0.6) is 0 Å². The summed E-state index contributed by atoms with van der Waals surface area (Å²) < 4.78 is 0. The lowest BCUT2D eigenvalue weighted by molar-refractivity contribution is 0.0533. The van der Waals surface area contributed by atoms with E-state index in [1.165, 1.54) is 0 Å². The van der Waals surface area contributed by atoms with Crippen LogP contribution in [0.25, 0.3) is 10.6 Å². The molecular formula is C17H21N3OS. The van der Waals surface area contributed by atoms with Crippen LogP contribution in [0.2, 0.25) is 0 Å². The maximum atomic E-state index is 12.7. The molecule has 0 radical (unpaired) electrons. The second kappa shape index (κ2) is 6.18. The third kappa shape index (κ3) is 3.05. The smallest absolute Gasteiger partial charge is 0.254 e. The predicted molar refractivity (Wildman–Crippen MR) is 90.3 cm³/mol. The molecule has 22 heavy (non-hydrogen) atoms. The SMILES string of the molecule is Cc1csc(-c2ccc(C(=O)N3CCN(C)C[C@H]3C)cc2)n1. The molecule has 0 N–H and O–H groups in total. The van der Waals surface area contributed by atoms with Crippen LogP contribution in [0.15, 0.2) is 29.6 Å². The number of carbonyl (C=O) groups excluding carboxylic acids is 1. The summed E-state index contributed by atoms with van der Waals surface area (Å²) in [6, 6.07) is 8.07. The van der Waals surface area contributed by atoms with E-state index in [9.17, 15) is 4.79 Å². The molecule has 1 atom stereocenters. The number of piperazine rings is 1. The first-order valence-electron chi connectivity index (χ1n) is 7.56. The number of likely N-dealkylation sites (N-methyl/N-ethyl adjacent to an activating group) is 1. The zero-order valence-corrected chi connectivity index (χ0v) is 14.1. The van der Waals surface area contributed by atoms with Crippen molar-refractivity contribution >= 4 is 17.2 Å². The maximum Gasteiger partial charge on any atom is 0.254 e. The van der Waals surface area contributed by atoms with E-state index in [1.807, 2.05) is 41.5 Å². The molecule has 1 saturated heterocycles. The number of hydrogen-bond acceptors (Lipinski definition) is 4. The van der Waals surface area contributed by atoms with Gasteiger partial charge in [0.05, 0.1) is 0 Å². The molecule has 1 aliphatic heterocycles. The van der Waals surface area contributed by atoms with Crippen LogP contribution in [0, 0.1) is 6.92 Å². The maximum absolute atomic E-state index is 12.7. The van der Waals surface area contributed by atoms with Crippen molar-refractivity contribution in [3.63, 3.8) is 0 Å². The highest BCUT2D eigenvalue weighted by Gasteiger charge is 2.26. The van der Waals surface area contributed by atoms with Crippen LogP contribution in [0.4, 0.5) is 0 Å². The second-order valence-electron chi connectivity index (χ2n) is 5.98. The summed E-state index contributed by atoms with van der Waals surface area (Å²) in [6.45, 7) is 6.77. The van der Waals surface area contributed by atoms with Gasteiger partial charge in [-0.2, -0.15) is 0 Å². The van der Waals surface area contributed by atoms with Gasteiger partial charge in [-0.15, -0.1) is 11.3 Å². The number of benzene rings is 1. The molecule has 0 unspecified atom stereocenters. The Balaban J connectivity index is 1.76. The number of thiazole rings is 1. The van der Waals surface area contributed by atoms with Gasteiger partial charge >= 0.3 is 0 Å². The molecule has 1 amide bonds. The minimum absolute atomic E-state index is 0.127. The van der Waals surface area contributed by atoms with E-state index >= 15 is 0 Å². The van der Waals surface area contributed by atoms with Gasteiger partial charge < -0.3 is 9.80 Å². The Morgan fingerprint density at radius 1 is 1.27 bits per heavy atom. The van der Waals surface area contributed by atoms with Crippen molar-refractivity contribution in [2.24, 2.45) is 0 Å². The Kier molecular flexibility index (Phi) is 4.27. The number of nitrogens with zero attached hydrogens (tertiary/aromatic N) is 3. The van der Waals surface area contributed by atoms with Crippen molar-refractivity contribution < 1.29 is 4.79 Å². The molecule has 0 aliphatic carbocycles. The summed E-state index contributed by atoms with van der Waals surface area (Å²) in [5, 5.41) is 3.05. The van der Waals surface area contributed by atoms with Crippen molar-refractivity contribution in [1.82, 2.24) is 14.8 Å². The van der Waals surface area contributed by atoms with Crippen LogP contribution >= 0.6 is 11.3 Å². The average Bonchev–Trinajstić information content (AvgIpc) is 2.93. The molecule has 0 spiro atoms. The molecule has 2 heterocycles. The Labute approximate surface area is 135 Å². The van der Waals surface area contributed by atoms with Crippen molar-refractivity contribution in [1.29, 1.82) is 0 Å². The molecule has 2 aromatic rings. The van der Waals surface area contributed by atoms with Crippen LogP contribution in [0.3, 0.4) is 0 Å². The second-order valence-corrected chi connectivity index (χ2v) is 6.84. The standard InChI is InChI=1S/C17H21N3OS/c1-12-11-22-16(18-12)14-4-6-15(7-5-14)17(21)20-9-8-19(3)10-13(20)2/h4-7,11,13H,8-10H2,1-3H3/t13-/m1/s1. The molecule has 3 rings (SSSR count). The van der Waals surface area contributed by atoms with Gasteiger partial charge in [-0.05, 0) is 33.0 Å². The molecule has 0 saturated carbocycles. The first kappa shape index (κ1) is 15.2. The lowest BCUT2D eigenvalue weighted by Gasteiger charge is -2.38. The van der Waals surface area contributed by atoms with E-state index in [4.69, 9.17) is 0 Å². The lowest BCUT2D eigenvalue weighted by atomic mass is 10.1. The number of amides is 1. The summed E-state index contributed by atoms with van der Waals surface area (Å²) >= 11 is 1.63. The minimum atomic E-state index is 0.127. The van der Waals surface area contributed by atoms with E-state index in [0.29, 0.717) is 0 Å². The van der Waals surface area contributed by atoms with E-state index in [-0.39, 0.29) is 11.9 Å². The minimum Gasteiger partial charge on any atom is -0.333 e. The van der Waals surface area contributed by atoms with E-state index < -0.39 is 0 Å². The molecule has 1 aromatic carbocycles. The van der Waals surface area contributed by atoms with Crippen molar-refractivity contribution in [3.8, 4) is 10.6 Å². The van der Waals surface area contributed by atoms with Gasteiger partial charge in [-0.3, -0.25) is 4.79 Å². The molecule has 1 aliphatic rings. The van der Waals surface area contributed by atoms with Gasteiger partial charge in [0.25, 0.3) is 5.91 Å². The van der Waals surface area contributed by atoms with E-state index in [1.54, 1.807) is 11.3 Å². The quantitative estimate of drug-likeness (QED) is 0.855. The highest BCUT2D eigenvalue weighted by Crippen LogP contribution is 2.24. The molecule has 0 bridgehead atoms. The predicted octanol–water partition coefficient (Wildman–Crippen LogP) is 2.89. The Bertz CT molecular complexity index is 665. The first-order chi connectivity index (χ1) is 10.5. The zero-order valence-electron chi connectivity index (χ0n) is 13.2. The van der Waals surface area contributed by atoms with Crippen LogP contribution < -0.4 is 0 Å². The van der Waals surface area contributed by atoms with Gasteiger partial charge in [0.2, 0.25) is 0 Å². The fourth-order valence-electron chi connectivity index (χ4n) is 2.85. The summed E-state index contributed by atoms with van der Waals surface area (Å²) in [6.07, 6.45) is 0. The summed E-state index contributed by atoms with van der Waals surface area (Å²) in [4.78, 5) is 21.4. The first-order valence-corrected chi connectivity index (χ1v) is 8.44. The zero-order chi connectivity index (χ0) is 15.7. The van der Waals surface area contributed by atoms with Crippen LogP contribution in [0.1, 0.15) is 23.0 Å².